The normalized spacial score (nSPS) is 10.4. The Morgan fingerprint density at radius 2 is 1.86 bits per heavy atom. The third-order valence-corrected chi connectivity index (χ3v) is 4.14. The first-order valence-corrected chi connectivity index (χ1v) is 9.42. The predicted molar refractivity (Wildman–Crippen MR) is 118 cm³/mol. The van der Waals surface area contributed by atoms with Crippen LogP contribution in [0.15, 0.2) is 69.9 Å². The van der Waals surface area contributed by atoms with Gasteiger partial charge in [-0.15, -0.1) is 0 Å². The molecule has 2 aromatic carbocycles. The van der Waals surface area contributed by atoms with E-state index in [4.69, 9.17) is 9.15 Å². The number of methoxy groups -OCH3 is 1. The Hall–Kier alpha value is -3.54. The van der Waals surface area contributed by atoms with Crippen LogP contribution < -0.4 is 20.6 Å². The lowest BCUT2D eigenvalue weighted by Crippen LogP contribution is -2.14. The third-order valence-electron chi connectivity index (χ3n) is 4.14. The average molecular weight is 394 g/mol. The summed E-state index contributed by atoms with van der Waals surface area (Å²) in [6.07, 6.45) is 3.10. The number of anilines is 3. The molecule has 152 valence electrons. The number of rotatable bonds is 5. The zero-order chi connectivity index (χ0) is 21.4. The van der Waals surface area contributed by atoms with Crippen molar-refractivity contribution in [2.45, 2.75) is 20.8 Å². The van der Waals surface area contributed by atoms with Crippen molar-refractivity contribution < 1.29 is 13.9 Å². The van der Waals surface area contributed by atoms with Crippen LogP contribution in [0.5, 0.6) is 5.75 Å². The van der Waals surface area contributed by atoms with E-state index in [0.717, 1.165) is 11.1 Å². The van der Waals surface area contributed by atoms with Crippen molar-refractivity contribution in [3.63, 3.8) is 0 Å². The van der Waals surface area contributed by atoms with Crippen LogP contribution in [0, 0.1) is 0 Å². The van der Waals surface area contributed by atoms with E-state index in [2.05, 4.69) is 5.32 Å². The van der Waals surface area contributed by atoms with Gasteiger partial charge in [-0.25, -0.2) is 4.79 Å². The number of carbonyl (C=O) groups is 1. The van der Waals surface area contributed by atoms with Crippen LogP contribution in [-0.4, -0.2) is 20.1 Å². The number of amides is 1. The number of nitrogens with one attached hydrogen (secondary N) is 1. The number of carbonyl (C=O) groups excluding carboxylic acids is 1. The molecular formula is C23H26N2O4. The second kappa shape index (κ2) is 10.1. The molecule has 0 aliphatic rings. The molecule has 0 bridgehead atoms. The zero-order valence-corrected chi connectivity index (χ0v) is 17.4. The minimum Gasteiger partial charge on any atom is -0.495 e. The summed E-state index contributed by atoms with van der Waals surface area (Å²) in [5.74, 6) is 0.295. The standard InChI is InChI=1S/C21H20N2O4.C2H6/c1-4-7-20(24)22-16-12-14(10-11-19(16)26-3)23(2)17-13-21(25)27-18-9-6-5-8-15(17)18;1-2/h4-13H,1-3H3,(H,22,24);1-2H3/b7-4+;. The quantitative estimate of drug-likeness (QED) is 0.481. The molecule has 3 aromatic rings. The topological polar surface area (TPSA) is 71.8 Å². The Kier molecular flexibility index (Phi) is 7.60. The molecule has 0 saturated heterocycles. The molecule has 0 atom stereocenters. The predicted octanol–water partition coefficient (Wildman–Crippen LogP) is 5.11. The van der Waals surface area contributed by atoms with Crippen LogP contribution in [0.3, 0.4) is 0 Å². The zero-order valence-electron chi connectivity index (χ0n) is 17.4. The Balaban J connectivity index is 0.00000145. The van der Waals surface area contributed by atoms with Crippen LogP contribution in [-0.2, 0) is 4.79 Å². The lowest BCUT2D eigenvalue weighted by atomic mass is 10.1. The highest BCUT2D eigenvalue weighted by molar-refractivity contribution is 6.01. The Morgan fingerprint density at radius 3 is 2.55 bits per heavy atom. The van der Waals surface area contributed by atoms with E-state index >= 15 is 0 Å². The van der Waals surface area contributed by atoms with E-state index in [-0.39, 0.29) is 5.91 Å². The van der Waals surface area contributed by atoms with Gasteiger partial charge in [0.1, 0.15) is 11.3 Å². The van der Waals surface area contributed by atoms with Crippen molar-refractivity contribution in [3.05, 3.63) is 71.1 Å². The first-order valence-electron chi connectivity index (χ1n) is 9.42. The van der Waals surface area contributed by atoms with Crippen LogP contribution in [0.25, 0.3) is 11.0 Å². The first kappa shape index (κ1) is 21.8. The van der Waals surface area contributed by atoms with Crippen LogP contribution in [0.1, 0.15) is 20.8 Å². The van der Waals surface area contributed by atoms with Crippen molar-refractivity contribution in [2.24, 2.45) is 0 Å². The van der Waals surface area contributed by atoms with Gasteiger partial charge in [-0.05, 0) is 43.3 Å². The van der Waals surface area contributed by atoms with Crippen molar-refractivity contribution in [3.8, 4) is 5.75 Å². The van der Waals surface area contributed by atoms with Crippen LogP contribution in [0.4, 0.5) is 17.1 Å². The number of para-hydroxylation sites is 1. The molecule has 3 rings (SSSR count). The maximum atomic E-state index is 11.9. The fourth-order valence-corrected chi connectivity index (χ4v) is 2.84. The molecule has 0 unspecified atom stereocenters. The van der Waals surface area contributed by atoms with Crippen molar-refractivity contribution >= 4 is 33.9 Å². The van der Waals surface area contributed by atoms with Gasteiger partial charge in [0.2, 0.25) is 5.91 Å². The summed E-state index contributed by atoms with van der Waals surface area (Å²) in [7, 11) is 3.39. The number of nitrogens with zero attached hydrogens (tertiary/aromatic N) is 1. The summed E-state index contributed by atoms with van der Waals surface area (Å²) in [5, 5.41) is 3.61. The molecule has 0 fully saturated rings. The number of fused-ring (bicyclic) bond motifs is 1. The summed E-state index contributed by atoms with van der Waals surface area (Å²) in [4.78, 5) is 25.7. The van der Waals surface area contributed by atoms with Gasteiger partial charge >= 0.3 is 5.63 Å². The molecule has 0 aliphatic carbocycles. The summed E-state index contributed by atoms with van der Waals surface area (Å²) >= 11 is 0. The minimum atomic E-state index is -0.425. The van der Waals surface area contributed by atoms with E-state index in [1.807, 2.05) is 50.1 Å². The number of benzene rings is 2. The summed E-state index contributed by atoms with van der Waals surface area (Å²) in [6, 6.07) is 14.2. The SMILES string of the molecule is C/C=C/C(=O)Nc1cc(N(C)c2cc(=O)oc3ccccc23)ccc1OC.CC. The summed E-state index contributed by atoms with van der Waals surface area (Å²) in [5.41, 5.74) is 2.12. The minimum absolute atomic E-state index is 0.249. The molecule has 29 heavy (non-hydrogen) atoms. The molecular weight excluding hydrogens is 368 g/mol. The van der Waals surface area contributed by atoms with Gasteiger partial charge in [0.25, 0.3) is 0 Å². The van der Waals surface area contributed by atoms with Gasteiger partial charge in [0.15, 0.2) is 0 Å². The molecule has 0 radical (unpaired) electrons. The number of hydrogen-bond donors (Lipinski definition) is 1. The molecule has 1 heterocycles. The molecule has 1 N–H and O–H groups in total. The molecule has 6 heteroatoms. The van der Waals surface area contributed by atoms with Gasteiger partial charge in [-0.3, -0.25) is 4.79 Å². The van der Waals surface area contributed by atoms with E-state index in [9.17, 15) is 9.59 Å². The molecule has 0 aliphatic heterocycles. The van der Waals surface area contributed by atoms with Gasteiger partial charge in [0, 0.05) is 24.2 Å². The van der Waals surface area contributed by atoms with Crippen LogP contribution >= 0.6 is 0 Å². The van der Waals surface area contributed by atoms with Gasteiger partial charge < -0.3 is 19.4 Å². The number of hydrogen-bond acceptors (Lipinski definition) is 5. The van der Waals surface area contributed by atoms with E-state index < -0.39 is 5.63 Å². The second-order valence-corrected chi connectivity index (χ2v) is 5.88. The van der Waals surface area contributed by atoms with E-state index in [1.54, 1.807) is 38.3 Å². The molecule has 0 spiro atoms. The highest BCUT2D eigenvalue weighted by Crippen LogP contribution is 2.34. The molecule has 6 nitrogen and oxygen atoms in total. The third kappa shape index (κ3) is 5.04. The summed E-state index contributed by atoms with van der Waals surface area (Å²) in [6.45, 7) is 5.77. The van der Waals surface area contributed by atoms with Gasteiger partial charge in [-0.1, -0.05) is 32.1 Å². The molecule has 0 saturated carbocycles. The van der Waals surface area contributed by atoms with Gasteiger partial charge in [-0.2, -0.15) is 0 Å². The highest BCUT2D eigenvalue weighted by atomic mass is 16.5. The van der Waals surface area contributed by atoms with Gasteiger partial charge in [0.05, 0.1) is 18.5 Å². The molecule has 1 aromatic heterocycles. The maximum Gasteiger partial charge on any atom is 0.338 e. The van der Waals surface area contributed by atoms with E-state index in [1.165, 1.54) is 12.1 Å². The lowest BCUT2D eigenvalue weighted by molar-refractivity contribution is -0.111. The second-order valence-electron chi connectivity index (χ2n) is 5.88. The van der Waals surface area contributed by atoms with Crippen molar-refractivity contribution in [2.75, 3.05) is 24.4 Å². The fraction of sp³-hybridized carbons (Fsp3) is 0.217. The van der Waals surface area contributed by atoms with Crippen LogP contribution in [0.2, 0.25) is 0 Å². The van der Waals surface area contributed by atoms with Crippen molar-refractivity contribution in [1.82, 2.24) is 0 Å². The fourth-order valence-electron chi connectivity index (χ4n) is 2.84. The first-order chi connectivity index (χ1) is 14.0. The molecule has 1 amide bonds. The Bertz CT molecular complexity index is 1070. The average Bonchev–Trinajstić information content (AvgIpc) is 2.74. The largest absolute Gasteiger partial charge is 0.495 e. The maximum absolute atomic E-state index is 11.9. The monoisotopic (exact) mass is 394 g/mol. The summed E-state index contributed by atoms with van der Waals surface area (Å²) < 4.78 is 10.6. The lowest BCUT2D eigenvalue weighted by Gasteiger charge is -2.22. The van der Waals surface area contributed by atoms with Crippen molar-refractivity contribution in [1.29, 1.82) is 0 Å². The van der Waals surface area contributed by atoms with E-state index in [0.29, 0.717) is 22.7 Å². The highest BCUT2D eigenvalue weighted by Gasteiger charge is 2.14. The Labute approximate surface area is 170 Å². The number of allylic oxidation sites excluding steroid dienone is 1. The Morgan fingerprint density at radius 1 is 1.14 bits per heavy atom. The number of ether oxygens (including phenoxy) is 1. The smallest absolute Gasteiger partial charge is 0.338 e.